The van der Waals surface area contributed by atoms with E-state index in [1.165, 1.54) is 22.0 Å². The molecule has 0 saturated carbocycles. The molecule has 1 atom stereocenters. The van der Waals surface area contributed by atoms with Gasteiger partial charge in [-0.1, -0.05) is 11.4 Å². The smallest absolute Gasteiger partial charge is 0.0804 e. The molecule has 5 heteroatoms. The number of aromatic nitrogens is 2. The number of hydrogen-bond donors (Lipinski definition) is 1. The van der Waals surface area contributed by atoms with Crippen molar-refractivity contribution in [2.45, 2.75) is 26.3 Å². The van der Waals surface area contributed by atoms with Crippen molar-refractivity contribution in [1.82, 2.24) is 9.59 Å². The van der Waals surface area contributed by atoms with Crippen LogP contribution in [0.15, 0.2) is 11.4 Å². The van der Waals surface area contributed by atoms with Crippen LogP contribution in [0, 0.1) is 6.92 Å². The van der Waals surface area contributed by atoms with E-state index in [9.17, 15) is 0 Å². The van der Waals surface area contributed by atoms with Gasteiger partial charge in [0.2, 0.25) is 0 Å². The van der Waals surface area contributed by atoms with Crippen molar-refractivity contribution in [3.63, 3.8) is 0 Å². The van der Waals surface area contributed by atoms with Crippen molar-refractivity contribution >= 4 is 22.9 Å². The van der Waals surface area contributed by atoms with E-state index in [0.717, 1.165) is 17.0 Å². The molecule has 2 N–H and O–H groups in total. The largest absolute Gasteiger partial charge is 0.319 e. The first kappa shape index (κ1) is 10.7. The van der Waals surface area contributed by atoms with E-state index in [1.807, 2.05) is 0 Å². The summed E-state index contributed by atoms with van der Waals surface area (Å²) in [5.41, 5.74) is 8.38. The van der Waals surface area contributed by atoms with Gasteiger partial charge in [0.1, 0.15) is 0 Å². The van der Waals surface area contributed by atoms with Gasteiger partial charge in [-0.15, -0.1) is 16.4 Å². The van der Waals surface area contributed by atoms with Crippen molar-refractivity contribution in [3.05, 3.63) is 32.5 Å². The topological polar surface area (TPSA) is 51.8 Å². The average Bonchev–Trinajstić information content (AvgIpc) is 2.84. The third kappa shape index (κ3) is 2.09. The first-order valence-electron chi connectivity index (χ1n) is 4.84. The van der Waals surface area contributed by atoms with Crippen molar-refractivity contribution in [3.8, 4) is 0 Å². The monoisotopic (exact) mass is 239 g/mol. The van der Waals surface area contributed by atoms with Gasteiger partial charge in [0, 0.05) is 4.88 Å². The van der Waals surface area contributed by atoms with Crippen molar-refractivity contribution in [2.75, 3.05) is 0 Å². The molecule has 2 heterocycles. The van der Waals surface area contributed by atoms with E-state index in [1.54, 1.807) is 11.3 Å². The Morgan fingerprint density at radius 1 is 1.53 bits per heavy atom. The molecule has 2 aromatic rings. The van der Waals surface area contributed by atoms with Crippen molar-refractivity contribution in [2.24, 2.45) is 5.73 Å². The van der Waals surface area contributed by atoms with Gasteiger partial charge in [-0.2, -0.15) is 0 Å². The van der Waals surface area contributed by atoms with Crippen molar-refractivity contribution in [1.29, 1.82) is 0 Å². The molecule has 0 spiro atoms. The second-order valence-corrected chi connectivity index (χ2v) is 5.31. The summed E-state index contributed by atoms with van der Waals surface area (Å²) in [4.78, 5) is 2.38. The minimum atomic E-state index is -0.0649. The Balaban J connectivity index is 2.31. The molecule has 15 heavy (non-hydrogen) atoms. The second kappa shape index (κ2) is 4.38. The molecule has 0 aliphatic carbocycles. The third-order valence-corrected chi connectivity index (χ3v) is 4.04. The minimum absolute atomic E-state index is 0.0649. The molecular weight excluding hydrogens is 226 g/mol. The molecule has 0 bridgehead atoms. The van der Waals surface area contributed by atoms with Crippen LogP contribution in [0.5, 0.6) is 0 Å². The van der Waals surface area contributed by atoms with Crippen LogP contribution in [0.3, 0.4) is 0 Å². The number of aryl methyl sites for hydroxylation is 2. The fourth-order valence-electron chi connectivity index (χ4n) is 1.48. The van der Waals surface area contributed by atoms with Crippen LogP contribution < -0.4 is 5.73 Å². The lowest BCUT2D eigenvalue weighted by Crippen LogP contribution is -2.11. The normalized spacial score (nSPS) is 13.0. The highest BCUT2D eigenvalue weighted by molar-refractivity contribution is 7.10. The predicted octanol–water partition coefficient (Wildman–Crippen LogP) is 2.52. The molecule has 80 valence electrons. The molecule has 0 amide bonds. The van der Waals surface area contributed by atoms with Gasteiger partial charge in [0.05, 0.1) is 16.6 Å². The van der Waals surface area contributed by atoms with Gasteiger partial charge in [-0.05, 0) is 41.9 Å². The van der Waals surface area contributed by atoms with E-state index in [4.69, 9.17) is 5.73 Å². The van der Waals surface area contributed by atoms with Crippen LogP contribution in [0.2, 0.25) is 0 Å². The fourth-order valence-corrected chi connectivity index (χ4v) is 2.98. The number of nitrogens with two attached hydrogens (primary N) is 1. The zero-order chi connectivity index (χ0) is 10.8. The van der Waals surface area contributed by atoms with Crippen LogP contribution in [-0.2, 0) is 6.42 Å². The molecule has 3 nitrogen and oxygen atoms in total. The standard InChI is InChI=1S/C10H13N3S2/c1-3-8-10(15-13-12-8)9(11)7-4-6(2)14-5-7/h4-5,9H,3,11H2,1-2H3. The van der Waals surface area contributed by atoms with E-state index < -0.39 is 0 Å². The zero-order valence-corrected chi connectivity index (χ0v) is 10.4. The first-order chi connectivity index (χ1) is 7.22. The van der Waals surface area contributed by atoms with E-state index in [2.05, 4.69) is 34.9 Å². The predicted molar refractivity (Wildman–Crippen MR) is 64.4 cm³/mol. The number of rotatable bonds is 3. The van der Waals surface area contributed by atoms with Crippen LogP contribution in [0.1, 0.15) is 34.0 Å². The molecule has 2 rings (SSSR count). The molecule has 0 aliphatic heterocycles. The number of thiophene rings is 1. The first-order valence-corrected chi connectivity index (χ1v) is 6.49. The lowest BCUT2D eigenvalue weighted by Gasteiger charge is -2.07. The van der Waals surface area contributed by atoms with Gasteiger partial charge in [0.15, 0.2) is 0 Å². The number of hydrogen-bond acceptors (Lipinski definition) is 5. The van der Waals surface area contributed by atoms with Crippen LogP contribution in [0.25, 0.3) is 0 Å². The summed E-state index contributed by atoms with van der Waals surface area (Å²) in [6.45, 7) is 4.17. The molecule has 0 aromatic carbocycles. The van der Waals surface area contributed by atoms with Crippen LogP contribution in [0.4, 0.5) is 0 Å². The summed E-state index contributed by atoms with van der Waals surface area (Å²) in [7, 11) is 0. The van der Waals surface area contributed by atoms with Gasteiger partial charge < -0.3 is 5.73 Å². The second-order valence-electron chi connectivity index (χ2n) is 3.41. The van der Waals surface area contributed by atoms with Crippen LogP contribution in [-0.4, -0.2) is 9.59 Å². The van der Waals surface area contributed by atoms with Gasteiger partial charge in [-0.3, -0.25) is 0 Å². The Hall–Kier alpha value is -0.780. The molecule has 0 saturated heterocycles. The maximum atomic E-state index is 6.19. The summed E-state index contributed by atoms with van der Waals surface area (Å²) in [6, 6.07) is 2.07. The SMILES string of the molecule is CCc1nnsc1C(N)c1csc(C)c1. The molecule has 0 aliphatic rings. The minimum Gasteiger partial charge on any atom is -0.319 e. The van der Waals surface area contributed by atoms with Gasteiger partial charge >= 0.3 is 0 Å². The lowest BCUT2D eigenvalue weighted by molar-refractivity contribution is 0.857. The molecule has 2 aromatic heterocycles. The molecule has 0 fully saturated rings. The molecular formula is C10H13N3S2. The van der Waals surface area contributed by atoms with Crippen LogP contribution >= 0.6 is 22.9 Å². The summed E-state index contributed by atoms with van der Waals surface area (Å²) in [5.74, 6) is 0. The van der Waals surface area contributed by atoms with Gasteiger partial charge in [-0.25, -0.2) is 0 Å². The highest BCUT2D eigenvalue weighted by atomic mass is 32.1. The van der Waals surface area contributed by atoms with E-state index >= 15 is 0 Å². The Morgan fingerprint density at radius 3 is 2.93 bits per heavy atom. The maximum absolute atomic E-state index is 6.19. The Morgan fingerprint density at radius 2 is 2.33 bits per heavy atom. The van der Waals surface area contributed by atoms with E-state index in [-0.39, 0.29) is 6.04 Å². The summed E-state index contributed by atoms with van der Waals surface area (Å²) in [6.07, 6.45) is 0.892. The average molecular weight is 239 g/mol. The fraction of sp³-hybridized carbons (Fsp3) is 0.400. The Kier molecular flexibility index (Phi) is 3.14. The number of nitrogens with zero attached hydrogens (tertiary/aromatic N) is 2. The molecule has 0 radical (unpaired) electrons. The lowest BCUT2D eigenvalue weighted by atomic mass is 10.1. The highest BCUT2D eigenvalue weighted by Crippen LogP contribution is 2.28. The Labute approximate surface area is 97.1 Å². The summed E-state index contributed by atoms with van der Waals surface area (Å²) in [5, 5.41) is 6.19. The Bertz CT molecular complexity index is 447. The summed E-state index contributed by atoms with van der Waals surface area (Å²) >= 11 is 3.13. The van der Waals surface area contributed by atoms with Crippen molar-refractivity contribution < 1.29 is 0 Å². The van der Waals surface area contributed by atoms with Gasteiger partial charge in [0.25, 0.3) is 0 Å². The summed E-state index contributed by atoms with van der Waals surface area (Å²) < 4.78 is 3.96. The zero-order valence-electron chi connectivity index (χ0n) is 8.73. The maximum Gasteiger partial charge on any atom is 0.0804 e. The quantitative estimate of drug-likeness (QED) is 0.895. The van der Waals surface area contributed by atoms with E-state index in [0.29, 0.717) is 0 Å². The highest BCUT2D eigenvalue weighted by Gasteiger charge is 2.17. The third-order valence-electron chi connectivity index (χ3n) is 2.31. The molecule has 1 unspecified atom stereocenters.